The molecule has 0 aliphatic rings. The molecule has 0 amide bonds. The Morgan fingerprint density at radius 2 is 1.78 bits per heavy atom. The highest BCUT2D eigenvalue weighted by Gasteiger charge is 2.31. The van der Waals surface area contributed by atoms with E-state index in [0.29, 0.717) is 24.0 Å². The topological polar surface area (TPSA) is 93.8 Å². The zero-order chi connectivity index (χ0) is 26.0. The minimum Gasteiger partial charge on any atom is -0.480 e. The van der Waals surface area contributed by atoms with Crippen LogP contribution in [0.4, 0.5) is 13.2 Å². The Morgan fingerprint density at radius 3 is 2.44 bits per heavy atom. The van der Waals surface area contributed by atoms with Gasteiger partial charge in [-0.2, -0.15) is 22.9 Å². The number of hydrogen-bond acceptors (Lipinski definition) is 5. The molecular formula is C24H14F3I2N3O4. The number of carboxylic acid groups (broad SMARTS) is 1. The molecule has 0 bridgehead atoms. The van der Waals surface area contributed by atoms with Crippen LogP contribution in [0.1, 0.15) is 11.1 Å². The lowest BCUT2D eigenvalue weighted by atomic mass is 10.1. The van der Waals surface area contributed by atoms with Gasteiger partial charge in [0.05, 0.1) is 29.8 Å². The first kappa shape index (κ1) is 26.1. The molecule has 0 unspecified atom stereocenters. The normalized spacial score (nSPS) is 11.8. The van der Waals surface area contributed by atoms with Crippen LogP contribution < -0.4 is 10.3 Å². The van der Waals surface area contributed by atoms with E-state index in [1.165, 1.54) is 18.3 Å². The Balaban J connectivity index is 1.84. The van der Waals surface area contributed by atoms with Crippen molar-refractivity contribution in [3.63, 3.8) is 0 Å². The first-order valence-corrected chi connectivity index (χ1v) is 12.3. The maximum atomic E-state index is 13.3. The van der Waals surface area contributed by atoms with E-state index in [0.717, 1.165) is 16.8 Å². The molecule has 4 aromatic rings. The predicted octanol–water partition coefficient (Wildman–Crippen LogP) is 5.64. The average Bonchev–Trinajstić information content (AvgIpc) is 2.82. The molecule has 0 aliphatic heterocycles. The third kappa shape index (κ3) is 5.69. The summed E-state index contributed by atoms with van der Waals surface area (Å²) < 4.78 is 47.5. The van der Waals surface area contributed by atoms with E-state index >= 15 is 0 Å². The van der Waals surface area contributed by atoms with Crippen LogP contribution in [0.2, 0.25) is 0 Å². The molecule has 4 rings (SSSR count). The third-order valence-electron chi connectivity index (χ3n) is 4.88. The zero-order valence-electron chi connectivity index (χ0n) is 18.0. The maximum Gasteiger partial charge on any atom is 0.416 e. The molecule has 1 aromatic heterocycles. The van der Waals surface area contributed by atoms with Gasteiger partial charge in [-0.25, -0.2) is 9.78 Å². The van der Waals surface area contributed by atoms with E-state index in [4.69, 9.17) is 9.84 Å². The van der Waals surface area contributed by atoms with Crippen LogP contribution in [0, 0.1) is 7.14 Å². The van der Waals surface area contributed by atoms with E-state index in [1.807, 2.05) is 45.2 Å². The van der Waals surface area contributed by atoms with E-state index in [1.54, 1.807) is 36.4 Å². The summed E-state index contributed by atoms with van der Waals surface area (Å²) in [5.74, 6) is -0.769. The van der Waals surface area contributed by atoms with Gasteiger partial charge < -0.3 is 9.84 Å². The molecule has 1 N–H and O–H groups in total. The highest BCUT2D eigenvalue weighted by Crippen LogP contribution is 2.32. The number of benzene rings is 3. The summed E-state index contributed by atoms with van der Waals surface area (Å²) in [5.41, 5.74) is -0.465. The number of carbonyl (C=O) groups is 1. The molecule has 36 heavy (non-hydrogen) atoms. The second kappa shape index (κ2) is 10.5. The van der Waals surface area contributed by atoms with Crippen molar-refractivity contribution < 1.29 is 27.8 Å². The number of carboxylic acids is 1. The van der Waals surface area contributed by atoms with Crippen LogP contribution in [-0.4, -0.2) is 33.6 Å². The van der Waals surface area contributed by atoms with Crippen molar-refractivity contribution in [2.75, 3.05) is 6.61 Å². The van der Waals surface area contributed by atoms with E-state index in [-0.39, 0.29) is 16.8 Å². The molecule has 0 saturated heterocycles. The number of alkyl halides is 3. The fourth-order valence-electron chi connectivity index (χ4n) is 3.30. The molecule has 0 spiro atoms. The summed E-state index contributed by atoms with van der Waals surface area (Å²) in [5, 5.41) is 13.4. The summed E-state index contributed by atoms with van der Waals surface area (Å²) >= 11 is 3.97. The van der Waals surface area contributed by atoms with Crippen LogP contribution in [0.5, 0.6) is 5.75 Å². The molecule has 0 radical (unpaired) electrons. The highest BCUT2D eigenvalue weighted by atomic mass is 127. The van der Waals surface area contributed by atoms with Gasteiger partial charge in [0.1, 0.15) is 5.75 Å². The van der Waals surface area contributed by atoms with Gasteiger partial charge >= 0.3 is 12.1 Å². The van der Waals surface area contributed by atoms with Crippen LogP contribution in [0.15, 0.2) is 70.6 Å². The number of hydrogen-bond donors (Lipinski definition) is 1. The minimum absolute atomic E-state index is 0.0492. The van der Waals surface area contributed by atoms with E-state index in [9.17, 15) is 22.8 Å². The van der Waals surface area contributed by atoms with Crippen molar-refractivity contribution in [3.8, 4) is 17.1 Å². The van der Waals surface area contributed by atoms with Gasteiger partial charge in [-0.3, -0.25) is 4.79 Å². The number of nitrogens with zero attached hydrogens (tertiary/aromatic N) is 3. The van der Waals surface area contributed by atoms with Crippen LogP contribution in [0.25, 0.3) is 22.3 Å². The monoisotopic (exact) mass is 719 g/mol. The molecule has 12 heteroatoms. The predicted molar refractivity (Wildman–Crippen MR) is 144 cm³/mol. The fourth-order valence-corrected chi connectivity index (χ4v) is 5.43. The maximum absolute atomic E-state index is 13.3. The van der Waals surface area contributed by atoms with Gasteiger partial charge in [0.25, 0.3) is 5.56 Å². The second-order valence-electron chi connectivity index (χ2n) is 7.39. The van der Waals surface area contributed by atoms with Gasteiger partial charge in [0.2, 0.25) is 0 Å². The molecule has 184 valence electrons. The SMILES string of the molecule is O=C(O)COc1c(I)cc(C=Nn2c(-c3cccc(C(F)(F)F)c3)nc3ccccc3c2=O)cc1I. The van der Waals surface area contributed by atoms with E-state index in [2.05, 4.69) is 10.1 Å². The quantitative estimate of drug-likeness (QED) is 0.206. The minimum atomic E-state index is -4.57. The van der Waals surface area contributed by atoms with Crippen molar-refractivity contribution in [1.82, 2.24) is 9.66 Å². The van der Waals surface area contributed by atoms with Gasteiger partial charge in [-0.05, 0) is 87.1 Å². The number of ether oxygens (including phenoxy) is 1. The van der Waals surface area contributed by atoms with Crippen molar-refractivity contribution in [3.05, 3.63) is 89.3 Å². The molecule has 0 fully saturated rings. The number of para-hydroxylation sites is 1. The molecule has 0 aliphatic carbocycles. The second-order valence-corrected chi connectivity index (χ2v) is 9.71. The number of rotatable bonds is 6. The summed E-state index contributed by atoms with van der Waals surface area (Å²) in [7, 11) is 0. The lowest BCUT2D eigenvalue weighted by molar-refractivity contribution is -0.139. The fraction of sp³-hybridized carbons (Fsp3) is 0.0833. The molecule has 3 aromatic carbocycles. The zero-order valence-corrected chi connectivity index (χ0v) is 22.3. The average molecular weight is 719 g/mol. The number of aliphatic carboxylic acids is 1. The molecular weight excluding hydrogens is 705 g/mol. The number of fused-ring (bicyclic) bond motifs is 1. The first-order valence-electron chi connectivity index (χ1n) is 10.1. The Morgan fingerprint density at radius 1 is 1.08 bits per heavy atom. The van der Waals surface area contributed by atoms with Crippen molar-refractivity contribution in [2.45, 2.75) is 6.18 Å². The smallest absolute Gasteiger partial charge is 0.416 e. The van der Waals surface area contributed by atoms with Crippen LogP contribution in [0.3, 0.4) is 0 Å². The summed E-state index contributed by atoms with van der Waals surface area (Å²) in [6.45, 7) is -0.502. The van der Waals surface area contributed by atoms with Gasteiger partial charge in [0, 0.05) is 5.56 Å². The van der Waals surface area contributed by atoms with Crippen molar-refractivity contribution in [2.24, 2.45) is 5.10 Å². The van der Waals surface area contributed by atoms with Crippen LogP contribution >= 0.6 is 45.2 Å². The summed E-state index contributed by atoms with van der Waals surface area (Å²) in [6.07, 6.45) is -3.20. The van der Waals surface area contributed by atoms with Gasteiger partial charge in [-0.15, -0.1) is 0 Å². The van der Waals surface area contributed by atoms with Gasteiger partial charge in [0.15, 0.2) is 12.4 Å². The first-order chi connectivity index (χ1) is 17.0. The van der Waals surface area contributed by atoms with E-state index < -0.39 is 29.9 Å². The molecule has 0 saturated carbocycles. The lowest BCUT2D eigenvalue weighted by Crippen LogP contribution is -2.20. The summed E-state index contributed by atoms with van der Waals surface area (Å²) in [6, 6.07) is 14.4. The standard InChI is InChI=1S/C24H14F3I2N3O4/c25-24(26,27)15-5-3-4-14(10-15)22-31-19-7-2-1-6-16(19)23(35)32(22)30-11-13-8-17(28)21(18(29)9-13)36-12-20(33)34/h1-11H,12H2,(H,33,34). The van der Waals surface area contributed by atoms with Crippen molar-refractivity contribution in [1.29, 1.82) is 0 Å². The Hall–Kier alpha value is -3.01. The van der Waals surface area contributed by atoms with Crippen LogP contribution in [-0.2, 0) is 11.0 Å². The number of halogens is 5. The number of aromatic nitrogens is 2. The highest BCUT2D eigenvalue weighted by molar-refractivity contribution is 14.1. The Bertz CT molecular complexity index is 1550. The largest absolute Gasteiger partial charge is 0.480 e. The molecule has 0 atom stereocenters. The lowest BCUT2D eigenvalue weighted by Gasteiger charge is -2.12. The molecule has 1 heterocycles. The Labute approximate surface area is 228 Å². The Kier molecular flexibility index (Phi) is 7.63. The van der Waals surface area contributed by atoms with Gasteiger partial charge in [-0.1, -0.05) is 24.3 Å². The summed E-state index contributed by atoms with van der Waals surface area (Å²) in [4.78, 5) is 28.5. The molecule has 7 nitrogen and oxygen atoms in total. The third-order valence-corrected chi connectivity index (χ3v) is 6.49. The van der Waals surface area contributed by atoms with Crippen molar-refractivity contribution >= 4 is 68.3 Å².